The molecule has 0 radical (unpaired) electrons. The van der Waals surface area contributed by atoms with Crippen molar-refractivity contribution < 1.29 is 4.74 Å². The molecule has 1 aliphatic rings. The number of hydrogen-bond acceptors (Lipinski definition) is 2. The molecule has 96 valence electrons. The minimum atomic E-state index is -0.205. The SMILES string of the molecule is C=CCNC(=S)N1CCOC1c1ccccc1Cl. The van der Waals surface area contributed by atoms with E-state index in [1.54, 1.807) is 6.08 Å². The first-order chi connectivity index (χ1) is 8.74. The fourth-order valence-corrected chi connectivity index (χ4v) is 2.37. The zero-order valence-electron chi connectivity index (χ0n) is 9.93. The Labute approximate surface area is 117 Å². The molecule has 0 aromatic heterocycles. The van der Waals surface area contributed by atoms with Crippen molar-refractivity contribution in [2.45, 2.75) is 6.23 Å². The van der Waals surface area contributed by atoms with Gasteiger partial charge in [0.25, 0.3) is 0 Å². The van der Waals surface area contributed by atoms with Crippen LogP contribution >= 0.6 is 23.8 Å². The van der Waals surface area contributed by atoms with Crippen molar-refractivity contribution in [2.24, 2.45) is 0 Å². The summed E-state index contributed by atoms with van der Waals surface area (Å²) in [6.07, 6.45) is 1.57. The van der Waals surface area contributed by atoms with Crippen LogP contribution < -0.4 is 5.32 Å². The van der Waals surface area contributed by atoms with E-state index in [0.29, 0.717) is 23.3 Å². The number of benzene rings is 1. The molecule has 1 N–H and O–H groups in total. The smallest absolute Gasteiger partial charge is 0.171 e. The molecule has 0 amide bonds. The predicted molar refractivity (Wildman–Crippen MR) is 77.6 cm³/mol. The molecule has 1 aromatic rings. The number of halogens is 1. The molecule has 3 nitrogen and oxygen atoms in total. The highest BCUT2D eigenvalue weighted by Gasteiger charge is 2.29. The number of thiocarbonyl (C=S) groups is 1. The first-order valence-electron chi connectivity index (χ1n) is 5.75. The van der Waals surface area contributed by atoms with Crippen molar-refractivity contribution in [3.05, 3.63) is 47.5 Å². The molecule has 1 aromatic carbocycles. The topological polar surface area (TPSA) is 24.5 Å². The summed E-state index contributed by atoms with van der Waals surface area (Å²) in [5, 5.41) is 4.47. The molecular weight excluding hydrogens is 268 g/mol. The Bertz CT molecular complexity index is 452. The Morgan fingerprint density at radius 1 is 1.61 bits per heavy atom. The number of ether oxygens (including phenoxy) is 1. The van der Waals surface area contributed by atoms with E-state index in [1.165, 1.54) is 0 Å². The van der Waals surface area contributed by atoms with Crippen molar-refractivity contribution in [1.29, 1.82) is 0 Å². The molecular formula is C13H15ClN2OS. The zero-order chi connectivity index (χ0) is 13.0. The molecule has 1 heterocycles. The maximum Gasteiger partial charge on any atom is 0.171 e. The van der Waals surface area contributed by atoms with Gasteiger partial charge in [-0.2, -0.15) is 0 Å². The molecule has 0 saturated carbocycles. The molecule has 1 saturated heterocycles. The highest BCUT2D eigenvalue weighted by molar-refractivity contribution is 7.80. The van der Waals surface area contributed by atoms with E-state index in [0.717, 1.165) is 12.1 Å². The first-order valence-corrected chi connectivity index (χ1v) is 6.54. The molecule has 1 fully saturated rings. The summed E-state index contributed by atoms with van der Waals surface area (Å²) >= 11 is 11.5. The van der Waals surface area contributed by atoms with Gasteiger partial charge in [0.05, 0.1) is 6.61 Å². The van der Waals surface area contributed by atoms with E-state index < -0.39 is 0 Å². The molecule has 5 heteroatoms. The Kier molecular flexibility index (Phi) is 4.58. The van der Waals surface area contributed by atoms with Crippen LogP contribution in [0.1, 0.15) is 11.8 Å². The minimum absolute atomic E-state index is 0.205. The maximum absolute atomic E-state index is 6.19. The van der Waals surface area contributed by atoms with Gasteiger partial charge in [-0.15, -0.1) is 6.58 Å². The second kappa shape index (κ2) is 6.18. The number of nitrogens with one attached hydrogen (secondary N) is 1. The fourth-order valence-electron chi connectivity index (χ4n) is 1.87. The largest absolute Gasteiger partial charge is 0.359 e. The number of hydrogen-bond donors (Lipinski definition) is 1. The van der Waals surface area contributed by atoms with Gasteiger partial charge in [-0.1, -0.05) is 35.9 Å². The third-order valence-corrected chi connectivity index (χ3v) is 3.44. The Hall–Kier alpha value is -1.10. The summed E-state index contributed by atoms with van der Waals surface area (Å²) in [4.78, 5) is 2.00. The average molecular weight is 283 g/mol. The zero-order valence-corrected chi connectivity index (χ0v) is 11.5. The van der Waals surface area contributed by atoms with Crippen molar-refractivity contribution in [2.75, 3.05) is 19.7 Å². The number of nitrogens with zero attached hydrogens (tertiary/aromatic N) is 1. The Morgan fingerprint density at radius 2 is 2.39 bits per heavy atom. The third-order valence-electron chi connectivity index (χ3n) is 2.72. The van der Waals surface area contributed by atoms with Gasteiger partial charge in [0.2, 0.25) is 0 Å². The van der Waals surface area contributed by atoms with Crippen molar-refractivity contribution in [3.63, 3.8) is 0 Å². The van der Waals surface area contributed by atoms with Crippen molar-refractivity contribution >= 4 is 28.9 Å². The van der Waals surface area contributed by atoms with Crippen molar-refractivity contribution in [3.8, 4) is 0 Å². The van der Waals surface area contributed by atoms with E-state index in [9.17, 15) is 0 Å². The van der Waals surface area contributed by atoms with Crippen LogP contribution in [0.15, 0.2) is 36.9 Å². The van der Waals surface area contributed by atoms with Gasteiger partial charge in [-0.3, -0.25) is 0 Å². The van der Waals surface area contributed by atoms with Gasteiger partial charge in [0, 0.05) is 23.7 Å². The van der Waals surface area contributed by atoms with Crippen LogP contribution in [-0.4, -0.2) is 29.7 Å². The van der Waals surface area contributed by atoms with E-state index in [-0.39, 0.29) is 6.23 Å². The Morgan fingerprint density at radius 3 is 3.11 bits per heavy atom. The van der Waals surface area contributed by atoms with Crippen LogP contribution in [0, 0.1) is 0 Å². The molecule has 1 unspecified atom stereocenters. The van der Waals surface area contributed by atoms with E-state index in [1.807, 2.05) is 29.2 Å². The van der Waals surface area contributed by atoms with Crippen LogP contribution in [0.3, 0.4) is 0 Å². The fraction of sp³-hybridized carbons (Fsp3) is 0.308. The summed E-state index contributed by atoms with van der Waals surface area (Å²) in [6.45, 7) is 5.71. The number of rotatable bonds is 3. The highest BCUT2D eigenvalue weighted by atomic mass is 35.5. The predicted octanol–water partition coefficient (Wildman–Crippen LogP) is 2.73. The van der Waals surface area contributed by atoms with Gasteiger partial charge in [0.1, 0.15) is 0 Å². The minimum Gasteiger partial charge on any atom is -0.359 e. The third kappa shape index (κ3) is 2.83. The van der Waals surface area contributed by atoms with Crippen molar-refractivity contribution in [1.82, 2.24) is 10.2 Å². The van der Waals surface area contributed by atoms with E-state index >= 15 is 0 Å². The Balaban J connectivity index is 2.15. The van der Waals surface area contributed by atoms with Crippen LogP contribution in [0.2, 0.25) is 5.02 Å². The van der Waals surface area contributed by atoms with Gasteiger partial charge in [0.15, 0.2) is 11.3 Å². The van der Waals surface area contributed by atoms with Crippen LogP contribution in [0.25, 0.3) is 0 Å². The van der Waals surface area contributed by atoms with Crippen LogP contribution in [0.5, 0.6) is 0 Å². The molecule has 0 spiro atoms. The lowest BCUT2D eigenvalue weighted by atomic mass is 10.2. The molecule has 2 rings (SSSR count). The molecule has 0 bridgehead atoms. The second-order valence-corrected chi connectivity index (χ2v) is 4.71. The monoisotopic (exact) mass is 282 g/mol. The van der Waals surface area contributed by atoms with Crippen LogP contribution in [0.4, 0.5) is 0 Å². The van der Waals surface area contributed by atoms with Gasteiger partial charge < -0.3 is 15.0 Å². The average Bonchev–Trinajstić information content (AvgIpc) is 2.85. The lowest BCUT2D eigenvalue weighted by molar-refractivity contribution is 0.0631. The highest BCUT2D eigenvalue weighted by Crippen LogP contribution is 2.31. The molecule has 18 heavy (non-hydrogen) atoms. The van der Waals surface area contributed by atoms with E-state index in [2.05, 4.69) is 11.9 Å². The summed E-state index contributed by atoms with van der Waals surface area (Å²) in [6, 6.07) is 7.67. The summed E-state index contributed by atoms with van der Waals surface area (Å²) < 4.78 is 5.72. The van der Waals surface area contributed by atoms with Gasteiger partial charge >= 0.3 is 0 Å². The van der Waals surface area contributed by atoms with Gasteiger partial charge in [-0.05, 0) is 18.3 Å². The first kappa shape index (κ1) is 13.3. The molecule has 1 atom stereocenters. The van der Waals surface area contributed by atoms with E-state index in [4.69, 9.17) is 28.6 Å². The quantitative estimate of drug-likeness (QED) is 0.681. The second-order valence-electron chi connectivity index (χ2n) is 3.91. The summed E-state index contributed by atoms with van der Waals surface area (Å²) in [5.74, 6) is 0. The standard InChI is InChI=1S/C13H15ClN2OS/c1-2-7-15-13(18)16-8-9-17-12(16)10-5-3-4-6-11(10)14/h2-6,12H,1,7-9H2,(H,15,18). The maximum atomic E-state index is 6.19. The molecule has 0 aliphatic carbocycles. The summed E-state index contributed by atoms with van der Waals surface area (Å²) in [7, 11) is 0. The lowest BCUT2D eigenvalue weighted by Gasteiger charge is -2.26. The lowest BCUT2D eigenvalue weighted by Crippen LogP contribution is -2.39. The normalized spacial score (nSPS) is 18.7. The summed E-state index contributed by atoms with van der Waals surface area (Å²) in [5.41, 5.74) is 0.944. The molecule has 1 aliphatic heterocycles. The van der Waals surface area contributed by atoms with Crippen LogP contribution in [-0.2, 0) is 4.74 Å². The van der Waals surface area contributed by atoms with Gasteiger partial charge in [-0.25, -0.2) is 0 Å².